The van der Waals surface area contributed by atoms with Crippen LogP contribution in [-0.2, 0) is 14.4 Å². The predicted octanol–water partition coefficient (Wildman–Crippen LogP) is 2.07. The minimum absolute atomic E-state index is 0.0801. The molecule has 4 nitrogen and oxygen atoms in total. The van der Waals surface area contributed by atoms with E-state index >= 15 is 0 Å². The summed E-state index contributed by atoms with van der Waals surface area (Å²) in [7, 11) is 0. The first-order chi connectivity index (χ1) is 8.72. The van der Waals surface area contributed by atoms with E-state index in [1.54, 1.807) is 19.9 Å². The molecule has 0 heterocycles. The Kier molecular flexibility index (Phi) is 5.80. The van der Waals surface area contributed by atoms with Crippen molar-refractivity contribution in [2.45, 2.75) is 13.8 Å². The lowest BCUT2D eigenvalue weighted by Gasteiger charge is -2.18. The van der Waals surface area contributed by atoms with E-state index in [0.717, 1.165) is 5.56 Å². The van der Waals surface area contributed by atoms with Gasteiger partial charge in [0.25, 0.3) is 5.91 Å². The van der Waals surface area contributed by atoms with Crippen molar-refractivity contribution in [2.24, 2.45) is 0 Å². The van der Waals surface area contributed by atoms with Crippen LogP contribution in [0, 0.1) is 0 Å². The highest BCUT2D eigenvalue weighted by Crippen LogP contribution is 2.08. The summed E-state index contributed by atoms with van der Waals surface area (Å²) >= 11 is 0. The second kappa shape index (κ2) is 7.40. The van der Waals surface area contributed by atoms with Gasteiger partial charge in [-0.3, -0.25) is 14.4 Å². The molecule has 0 aromatic heterocycles. The SMILES string of the molecule is CCON(CC)C(=O)C(C=O)=Cc1ccccc1. The van der Waals surface area contributed by atoms with Gasteiger partial charge in [-0.15, -0.1) is 0 Å². The van der Waals surface area contributed by atoms with Gasteiger partial charge in [-0.1, -0.05) is 30.3 Å². The summed E-state index contributed by atoms with van der Waals surface area (Å²) in [6, 6.07) is 9.22. The van der Waals surface area contributed by atoms with Gasteiger partial charge in [0.1, 0.15) is 0 Å². The van der Waals surface area contributed by atoms with Crippen LogP contribution in [0.15, 0.2) is 35.9 Å². The molecule has 1 aromatic carbocycles. The quantitative estimate of drug-likeness (QED) is 0.254. The van der Waals surface area contributed by atoms with Gasteiger partial charge < -0.3 is 0 Å². The van der Waals surface area contributed by atoms with E-state index in [1.165, 1.54) is 5.06 Å². The smallest absolute Gasteiger partial charge is 0.280 e. The number of amides is 1. The zero-order chi connectivity index (χ0) is 13.4. The molecule has 0 atom stereocenters. The third kappa shape index (κ3) is 3.82. The summed E-state index contributed by atoms with van der Waals surface area (Å²) in [4.78, 5) is 28.2. The zero-order valence-electron chi connectivity index (χ0n) is 10.6. The predicted molar refractivity (Wildman–Crippen MR) is 69.5 cm³/mol. The largest absolute Gasteiger partial charge is 0.298 e. The number of hydroxylamine groups is 2. The average molecular weight is 247 g/mol. The summed E-state index contributed by atoms with van der Waals surface area (Å²) in [6.07, 6.45) is 2.11. The summed E-state index contributed by atoms with van der Waals surface area (Å²) in [5.41, 5.74) is 0.886. The topological polar surface area (TPSA) is 46.6 Å². The van der Waals surface area contributed by atoms with E-state index in [4.69, 9.17) is 4.84 Å². The van der Waals surface area contributed by atoms with Crippen LogP contribution in [-0.4, -0.2) is 30.4 Å². The van der Waals surface area contributed by atoms with Crippen LogP contribution in [0.5, 0.6) is 0 Å². The third-order valence-electron chi connectivity index (χ3n) is 2.29. The summed E-state index contributed by atoms with van der Waals surface area (Å²) in [5, 5.41) is 1.18. The normalized spacial score (nSPS) is 11.1. The van der Waals surface area contributed by atoms with Gasteiger partial charge in [-0.25, -0.2) is 5.06 Å². The van der Waals surface area contributed by atoms with Crippen LogP contribution in [0.2, 0.25) is 0 Å². The van der Waals surface area contributed by atoms with Crippen LogP contribution in [0.3, 0.4) is 0 Å². The van der Waals surface area contributed by atoms with Crippen LogP contribution >= 0.6 is 0 Å². The molecule has 0 saturated carbocycles. The molecule has 0 radical (unpaired) electrons. The van der Waals surface area contributed by atoms with Crippen molar-refractivity contribution >= 4 is 18.3 Å². The molecule has 0 fully saturated rings. The minimum Gasteiger partial charge on any atom is -0.298 e. The fourth-order valence-electron chi connectivity index (χ4n) is 1.47. The van der Waals surface area contributed by atoms with Gasteiger partial charge in [0.05, 0.1) is 12.2 Å². The molecule has 0 unspecified atom stereocenters. The van der Waals surface area contributed by atoms with E-state index in [2.05, 4.69) is 0 Å². The standard InChI is InChI=1S/C14H17NO3/c1-3-15(18-4-2)14(17)13(11-16)10-12-8-6-5-7-9-12/h5-11H,3-4H2,1-2H3. The molecule has 4 heteroatoms. The molecule has 0 aliphatic heterocycles. The summed E-state index contributed by atoms with van der Waals surface area (Å²) in [5.74, 6) is -0.418. The second-order valence-corrected chi connectivity index (χ2v) is 3.55. The number of likely N-dealkylation sites (N-methyl/N-ethyl adjacent to an activating group) is 1. The maximum atomic E-state index is 12.0. The minimum atomic E-state index is -0.418. The Hall–Kier alpha value is -1.94. The van der Waals surface area contributed by atoms with Crippen molar-refractivity contribution in [3.8, 4) is 0 Å². The number of carbonyl (C=O) groups is 2. The number of hydrogen-bond acceptors (Lipinski definition) is 3. The fourth-order valence-corrected chi connectivity index (χ4v) is 1.47. The van der Waals surface area contributed by atoms with Crippen molar-refractivity contribution in [3.05, 3.63) is 41.5 Å². The molecular weight excluding hydrogens is 230 g/mol. The first-order valence-corrected chi connectivity index (χ1v) is 5.89. The van der Waals surface area contributed by atoms with E-state index in [9.17, 15) is 9.59 Å². The van der Waals surface area contributed by atoms with Crippen LogP contribution < -0.4 is 0 Å². The molecular formula is C14H17NO3. The Morgan fingerprint density at radius 3 is 2.44 bits per heavy atom. The Balaban J connectivity index is 2.92. The summed E-state index contributed by atoms with van der Waals surface area (Å²) in [6.45, 7) is 4.36. The number of nitrogens with zero attached hydrogens (tertiary/aromatic N) is 1. The molecule has 1 aromatic rings. The Labute approximate surface area is 107 Å². The van der Waals surface area contributed by atoms with Crippen LogP contribution in [0.1, 0.15) is 19.4 Å². The van der Waals surface area contributed by atoms with Crippen molar-refractivity contribution in [3.63, 3.8) is 0 Å². The van der Waals surface area contributed by atoms with Crippen LogP contribution in [0.25, 0.3) is 6.08 Å². The maximum Gasteiger partial charge on any atom is 0.280 e. The fraction of sp³-hybridized carbons (Fsp3) is 0.286. The lowest BCUT2D eigenvalue weighted by atomic mass is 10.1. The van der Waals surface area contributed by atoms with Gasteiger partial charge in [0.2, 0.25) is 0 Å². The maximum absolute atomic E-state index is 12.0. The molecule has 0 aliphatic rings. The second-order valence-electron chi connectivity index (χ2n) is 3.55. The first-order valence-electron chi connectivity index (χ1n) is 5.89. The highest BCUT2D eigenvalue weighted by molar-refractivity contribution is 6.13. The van der Waals surface area contributed by atoms with Gasteiger partial charge in [0, 0.05) is 6.54 Å². The number of hydrogen-bond donors (Lipinski definition) is 0. The van der Waals surface area contributed by atoms with E-state index < -0.39 is 5.91 Å². The highest BCUT2D eigenvalue weighted by atomic mass is 16.7. The Morgan fingerprint density at radius 1 is 1.28 bits per heavy atom. The average Bonchev–Trinajstić information content (AvgIpc) is 2.42. The zero-order valence-corrected chi connectivity index (χ0v) is 10.6. The molecule has 0 bridgehead atoms. The molecule has 0 aliphatic carbocycles. The Morgan fingerprint density at radius 2 is 1.94 bits per heavy atom. The van der Waals surface area contributed by atoms with Crippen molar-refractivity contribution < 1.29 is 14.4 Å². The lowest BCUT2D eigenvalue weighted by Crippen LogP contribution is -2.32. The lowest BCUT2D eigenvalue weighted by molar-refractivity contribution is -0.178. The summed E-state index contributed by atoms with van der Waals surface area (Å²) < 4.78 is 0. The van der Waals surface area contributed by atoms with E-state index in [-0.39, 0.29) is 5.57 Å². The first kappa shape index (κ1) is 14.1. The van der Waals surface area contributed by atoms with Gasteiger partial charge >= 0.3 is 0 Å². The molecule has 1 rings (SSSR count). The van der Waals surface area contributed by atoms with Gasteiger partial charge in [-0.2, -0.15) is 0 Å². The Bertz CT molecular complexity index is 426. The molecule has 0 saturated heterocycles. The van der Waals surface area contributed by atoms with Crippen molar-refractivity contribution in [1.82, 2.24) is 5.06 Å². The number of benzene rings is 1. The number of carbonyl (C=O) groups excluding carboxylic acids is 2. The van der Waals surface area contributed by atoms with Gasteiger partial charge in [0.15, 0.2) is 6.29 Å². The number of aldehydes is 1. The van der Waals surface area contributed by atoms with E-state index in [1.807, 2.05) is 30.3 Å². The van der Waals surface area contributed by atoms with Crippen molar-refractivity contribution in [1.29, 1.82) is 0 Å². The molecule has 1 amide bonds. The molecule has 0 N–H and O–H groups in total. The van der Waals surface area contributed by atoms with E-state index in [0.29, 0.717) is 19.4 Å². The third-order valence-corrected chi connectivity index (χ3v) is 2.29. The molecule has 0 spiro atoms. The highest BCUT2D eigenvalue weighted by Gasteiger charge is 2.16. The number of rotatable bonds is 6. The van der Waals surface area contributed by atoms with Crippen LogP contribution in [0.4, 0.5) is 0 Å². The monoisotopic (exact) mass is 247 g/mol. The molecule has 96 valence electrons. The van der Waals surface area contributed by atoms with Gasteiger partial charge in [-0.05, 0) is 25.5 Å². The molecule has 18 heavy (non-hydrogen) atoms. The van der Waals surface area contributed by atoms with Crippen molar-refractivity contribution in [2.75, 3.05) is 13.2 Å².